The summed E-state index contributed by atoms with van der Waals surface area (Å²) in [5, 5.41) is -1.15. The van der Waals surface area contributed by atoms with Gasteiger partial charge in [-0.3, -0.25) is 0 Å². The lowest BCUT2D eigenvalue weighted by Crippen LogP contribution is -2.10. The van der Waals surface area contributed by atoms with E-state index in [9.17, 15) is 13.2 Å². The standard InChI is InChI=1S/C11H4Cl4F3N/c1-3-2-4(16)7(17)5-6(12)8(18)10(11(13,14)15)19-9(3)5/h2H,1H3. The second-order valence-corrected chi connectivity index (χ2v) is 6.46. The SMILES string of the molecule is Cc1cc(F)c(F)c2c(Cl)c(F)c(C(Cl)(Cl)Cl)nc12. The van der Waals surface area contributed by atoms with E-state index < -0.39 is 37.3 Å². The third kappa shape index (κ3) is 2.47. The maximum atomic E-state index is 13.9. The van der Waals surface area contributed by atoms with E-state index in [1.165, 1.54) is 6.92 Å². The van der Waals surface area contributed by atoms with E-state index in [-0.39, 0.29) is 11.1 Å². The monoisotopic (exact) mass is 347 g/mol. The number of aryl methyl sites for hydroxylation is 1. The highest BCUT2D eigenvalue weighted by Gasteiger charge is 2.32. The molecule has 0 bridgehead atoms. The molecule has 0 saturated carbocycles. The quantitative estimate of drug-likeness (QED) is 0.577. The van der Waals surface area contributed by atoms with Gasteiger partial charge in [0.1, 0.15) is 5.69 Å². The fourth-order valence-electron chi connectivity index (χ4n) is 1.65. The minimum absolute atomic E-state index is 0.0633. The molecule has 1 aromatic heterocycles. The molecule has 0 spiro atoms. The van der Waals surface area contributed by atoms with Gasteiger partial charge in [0.05, 0.1) is 15.9 Å². The molecule has 0 N–H and O–H groups in total. The summed E-state index contributed by atoms with van der Waals surface area (Å²) in [5.41, 5.74) is -0.387. The van der Waals surface area contributed by atoms with Gasteiger partial charge in [0.15, 0.2) is 17.5 Å². The number of aromatic nitrogens is 1. The zero-order chi connectivity index (χ0) is 14.5. The van der Waals surface area contributed by atoms with Crippen LogP contribution < -0.4 is 0 Å². The van der Waals surface area contributed by atoms with Gasteiger partial charge in [0.2, 0.25) is 3.79 Å². The lowest BCUT2D eigenvalue weighted by Gasteiger charge is -2.15. The molecular formula is C11H4Cl4F3N. The van der Waals surface area contributed by atoms with Crippen LogP contribution in [0.3, 0.4) is 0 Å². The molecule has 0 amide bonds. The molecule has 0 fully saturated rings. The van der Waals surface area contributed by atoms with Crippen LogP contribution in [0.1, 0.15) is 11.3 Å². The smallest absolute Gasteiger partial charge is 0.235 e. The molecule has 0 aliphatic carbocycles. The summed E-state index contributed by atoms with van der Waals surface area (Å²) in [6.07, 6.45) is 0. The number of benzene rings is 1. The van der Waals surface area contributed by atoms with Gasteiger partial charge in [-0.05, 0) is 18.6 Å². The Balaban J connectivity index is 3.01. The lowest BCUT2D eigenvalue weighted by atomic mass is 10.1. The largest absolute Gasteiger partial charge is 0.245 e. The fraction of sp³-hybridized carbons (Fsp3) is 0.182. The summed E-state index contributed by atoms with van der Waals surface area (Å²) in [5.74, 6) is -3.65. The Kier molecular flexibility index (Phi) is 3.82. The number of nitrogens with zero attached hydrogens (tertiary/aromatic N) is 1. The highest BCUT2D eigenvalue weighted by Crippen LogP contribution is 2.42. The van der Waals surface area contributed by atoms with Crippen molar-refractivity contribution in [2.75, 3.05) is 0 Å². The summed E-state index contributed by atoms with van der Waals surface area (Å²) in [6.45, 7) is 1.45. The zero-order valence-corrected chi connectivity index (χ0v) is 12.2. The molecule has 1 nitrogen and oxygen atoms in total. The molecule has 0 radical (unpaired) electrons. The number of hydrogen-bond donors (Lipinski definition) is 0. The van der Waals surface area contributed by atoms with Crippen molar-refractivity contribution in [1.29, 1.82) is 0 Å². The molecular weight excluding hydrogens is 345 g/mol. The molecule has 1 aromatic carbocycles. The van der Waals surface area contributed by atoms with Crippen molar-refractivity contribution in [3.63, 3.8) is 0 Å². The first-order valence-electron chi connectivity index (χ1n) is 4.85. The van der Waals surface area contributed by atoms with Crippen LogP contribution in [0, 0.1) is 24.4 Å². The second-order valence-electron chi connectivity index (χ2n) is 3.80. The van der Waals surface area contributed by atoms with Crippen molar-refractivity contribution in [1.82, 2.24) is 4.98 Å². The van der Waals surface area contributed by atoms with E-state index in [0.29, 0.717) is 0 Å². The van der Waals surface area contributed by atoms with E-state index >= 15 is 0 Å². The highest BCUT2D eigenvalue weighted by atomic mass is 35.6. The van der Waals surface area contributed by atoms with Crippen LogP contribution in [-0.4, -0.2) is 4.98 Å². The van der Waals surface area contributed by atoms with Gasteiger partial charge >= 0.3 is 0 Å². The summed E-state index contributed by atoms with van der Waals surface area (Å²) < 4.78 is 38.7. The van der Waals surface area contributed by atoms with Crippen LogP contribution in [-0.2, 0) is 3.79 Å². The van der Waals surface area contributed by atoms with Gasteiger partial charge < -0.3 is 0 Å². The molecule has 0 aliphatic rings. The Morgan fingerprint density at radius 2 is 1.68 bits per heavy atom. The Morgan fingerprint density at radius 1 is 1.11 bits per heavy atom. The van der Waals surface area contributed by atoms with Crippen LogP contribution >= 0.6 is 46.4 Å². The normalized spacial score (nSPS) is 12.2. The average molecular weight is 349 g/mol. The van der Waals surface area contributed by atoms with Crippen LogP contribution in [0.15, 0.2) is 6.07 Å². The Bertz CT molecular complexity index is 682. The number of fused-ring (bicyclic) bond motifs is 1. The fourth-order valence-corrected chi connectivity index (χ4v) is 2.29. The minimum atomic E-state index is -2.17. The summed E-state index contributed by atoms with van der Waals surface area (Å²) in [6, 6.07) is 0.904. The van der Waals surface area contributed by atoms with Crippen molar-refractivity contribution in [2.45, 2.75) is 10.7 Å². The van der Waals surface area contributed by atoms with Crippen molar-refractivity contribution in [2.24, 2.45) is 0 Å². The topological polar surface area (TPSA) is 12.9 Å². The first-order valence-corrected chi connectivity index (χ1v) is 6.36. The van der Waals surface area contributed by atoms with E-state index in [0.717, 1.165) is 6.07 Å². The van der Waals surface area contributed by atoms with Crippen LogP contribution in [0.4, 0.5) is 13.2 Å². The van der Waals surface area contributed by atoms with Crippen molar-refractivity contribution >= 4 is 57.3 Å². The van der Waals surface area contributed by atoms with Crippen molar-refractivity contribution < 1.29 is 13.2 Å². The second kappa shape index (κ2) is 4.85. The predicted octanol–water partition coefficient (Wildman–Crippen LogP) is 5.44. The van der Waals surface area contributed by atoms with Gasteiger partial charge in [-0.1, -0.05) is 46.4 Å². The molecule has 0 atom stereocenters. The Labute approximate surface area is 126 Å². The summed E-state index contributed by atoms with van der Waals surface area (Å²) >= 11 is 22.4. The number of rotatable bonds is 0. The third-order valence-corrected chi connectivity index (χ3v) is 3.39. The molecule has 0 unspecified atom stereocenters. The van der Waals surface area contributed by atoms with E-state index in [1.807, 2.05) is 0 Å². The van der Waals surface area contributed by atoms with Gasteiger partial charge in [0, 0.05) is 0 Å². The molecule has 19 heavy (non-hydrogen) atoms. The molecule has 0 saturated heterocycles. The highest BCUT2D eigenvalue weighted by molar-refractivity contribution is 6.66. The number of hydrogen-bond acceptors (Lipinski definition) is 1. The number of halogens is 7. The first-order chi connectivity index (χ1) is 8.64. The third-order valence-electron chi connectivity index (χ3n) is 2.49. The van der Waals surface area contributed by atoms with Crippen LogP contribution in [0.25, 0.3) is 10.9 Å². The molecule has 2 rings (SSSR count). The van der Waals surface area contributed by atoms with Crippen LogP contribution in [0.2, 0.25) is 5.02 Å². The molecule has 0 aliphatic heterocycles. The Hall–Kier alpha value is -0.420. The maximum absolute atomic E-state index is 13.9. The van der Waals surface area contributed by atoms with E-state index in [4.69, 9.17) is 46.4 Å². The van der Waals surface area contributed by atoms with Gasteiger partial charge in [-0.2, -0.15) is 0 Å². The maximum Gasteiger partial charge on any atom is 0.235 e. The molecule has 1 heterocycles. The summed E-state index contributed by atoms with van der Waals surface area (Å²) in [7, 11) is 0. The molecule has 102 valence electrons. The van der Waals surface area contributed by atoms with Crippen LogP contribution in [0.5, 0.6) is 0 Å². The number of pyridine rings is 1. The predicted molar refractivity (Wildman–Crippen MR) is 70.6 cm³/mol. The van der Waals surface area contributed by atoms with Gasteiger partial charge in [-0.15, -0.1) is 0 Å². The summed E-state index contributed by atoms with van der Waals surface area (Å²) in [4.78, 5) is 3.75. The molecule has 8 heteroatoms. The zero-order valence-electron chi connectivity index (χ0n) is 9.17. The van der Waals surface area contributed by atoms with Crippen molar-refractivity contribution in [3.05, 3.63) is 39.8 Å². The minimum Gasteiger partial charge on any atom is -0.245 e. The Morgan fingerprint density at radius 3 is 2.21 bits per heavy atom. The number of alkyl halides is 3. The lowest BCUT2D eigenvalue weighted by molar-refractivity contribution is 0.515. The van der Waals surface area contributed by atoms with Gasteiger partial charge in [0.25, 0.3) is 0 Å². The average Bonchev–Trinajstić information content (AvgIpc) is 2.28. The van der Waals surface area contributed by atoms with E-state index in [2.05, 4.69) is 4.98 Å². The molecule has 2 aromatic rings. The first kappa shape index (κ1) is 15.0. The van der Waals surface area contributed by atoms with Gasteiger partial charge in [-0.25, -0.2) is 18.2 Å². The van der Waals surface area contributed by atoms with E-state index in [1.54, 1.807) is 0 Å². The van der Waals surface area contributed by atoms with Crippen molar-refractivity contribution in [3.8, 4) is 0 Å².